The van der Waals surface area contributed by atoms with E-state index in [4.69, 9.17) is 10.8 Å². The molecule has 4 N–H and O–H groups in total. The molecule has 17 heavy (non-hydrogen) atoms. The minimum Gasteiger partial charge on any atom is -0.481 e. The van der Waals surface area contributed by atoms with Crippen molar-refractivity contribution in [3.63, 3.8) is 0 Å². The minimum atomic E-state index is -0.890. The Balaban J connectivity index is 4.28. The van der Waals surface area contributed by atoms with Crippen molar-refractivity contribution in [2.24, 2.45) is 11.1 Å². The fourth-order valence-corrected chi connectivity index (χ4v) is 1.69. The molecule has 0 aromatic carbocycles. The quantitative estimate of drug-likeness (QED) is 0.625. The van der Waals surface area contributed by atoms with Gasteiger partial charge in [-0.05, 0) is 24.8 Å². The lowest BCUT2D eigenvalue weighted by atomic mass is 9.87. The molecule has 1 atom stereocenters. The van der Waals surface area contributed by atoms with Crippen molar-refractivity contribution in [2.75, 3.05) is 6.54 Å². The normalized spacial score (nSPS) is 13.2. The number of hydrogen-bond donors (Lipinski definition) is 3. The van der Waals surface area contributed by atoms with Gasteiger partial charge in [0.1, 0.15) is 0 Å². The Morgan fingerprint density at radius 2 is 1.94 bits per heavy atom. The molecule has 0 saturated heterocycles. The van der Waals surface area contributed by atoms with Crippen molar-refractivity contribution in [3.8, 4) is 0 Å². The van der Waals surface area contributed by atoms with E-state index in [1.54, 1.807) is 0 Å². The summed E-state index contributed by atoms with van der Waals surface area (Å²) >= 11 is 0. The van der Waals surface area contributed by atoms with E-state index in [0.717, 1.165) is 0 Å². The van der Waals surface area contributed by atoms with Gasteiger partial charge >= 0.3 is 5.97 Å². The SMILES string of the molecule is CC(C)(C)CC(CC(=O)O)NC(=O)CCCN. The summed E-state index contributed by atoms with van der Waals surface area (Å²) in [7, 11) is 0. The molecule has 0 heterocycles. The highest BCUT2D eigenvalue weighted by atomic mass is 16.4. The molecule has 100 valence electrons. The number of carbonyl (C=O) groups is 2. The van der Waals surface area contributed by atoms with Crippen LogP contribution in [0.1, 0.15) is 46.5 Å². The Morgan fingerprint density at radius 3 is 2.35 bits per heavy atom. The molecule has 1 amide bonds. The van der Waals surface area contributed by atoms with Gasteiger partial charge in [0.05, 0.1) is 6.42 Å². The van der Waals surface area contributed by atoms with Gasteiger partial charge in [0.25, 0.3) is 0 Å². The van der Waals surface area contributed by atoms with E-state index < -0.39 is 5.97 Å². The lowest BCUT2D eigenvalue weighted by Crippen LogP contribution is -2.39. The van der Waals surface area contributed by atoms with Crippen molar-refractivity contribution >= 4 is 11.9 Å². The van der Waals surface area contributed by atoms with Crippen molar-refractivity contribution in [2.45, 2.75) is 52.5 Å². The van der Waals surface area contributed by atoms with Crippen LogP contribution < -0.4 is 11.1 Å². The van der Waals surface area contributed by atoms with Gasteiger partial charge in [-0.15, -0.1) is 0 Å². The van der Waals surface area contributed by atoms with Crippen LogP contribution in [0.4, 0.5) is 0 Å². The van der Waals surface area contributed by atoms with E-state index in [0.29, 0.717) is 25.8 Å². The van der Waals surface area contributed by atoms with Gasteiger partial charge in [0.2, 0.25) is 5.91 Å². The van der Waals surface area contributed by atoms with Crippen LogP contribution in [0.5, 0.6) is 0 Å². The summed E-state index contributed by atoms with van der Waals surface area (Å²) in [5, 5.41) is 11.6. The summed E-state index contributed by atoms with van der Waals surface area (Å²) in [6.07, 6.45) is 1.59. The van der Waals surface area contributed by atoms with Gasteiger partial charge in [-0.3, -0.25) is 9.59 Å². The Labute approximate surface area is 103 Å². The van der Waals surface area contributed by atoms with E-state index >= 15 is 0 Å². The summed E-state index contributed by atoms with van der Waals surface area (Å²) in [4.78, 5) is 22.2. The number of nitrogens with one attached hydrogen (secondary N) is 1. The van der Waals surface area contributed by atoms with Gasteiger partial charge in [0.15, 0.2) is 0 Å². The molecule has 0 aliphatic carbocycles. The van der Waals surface area contributed by atoms with Crippen LogP contribution in [0.15, 0.2) is 0 Å². The topological polar surface area (TPSA) is 92.4 Å². The molecule has 0 aliphatic heterocycles. The van der Waals surface area contributed by atoms with Crippen molar-refractivity contribution in [3.05, 3.63) is 0 Å². The molecule has 5 heteroatoms. The van der Waals surface area contributed by atoms with E-state index in [1.807, 2.05) is 20.8 Å². The summed E-state index contributed by atoms with van der Waals surface area (Å²) in [5.74, 6) is -1.01. The predicted octanol–water partition coefficient (Wildman–Crippen LogP) is 1.12. The first-order chi connectivity index (χ1) is 7.74. The lowest BCUT2D eigenvalue weighted by molar-refractivity contribution is -0.137. The summed E-state index contributed by atoms with van der Waals surface area (Å²) in [5.41, 5.74) is 5.30. The average Bonchev–Trinajstić information content (AvgIpc) is 2.10. The number of carboxylic acids is 1. The zero-order valence-corrected chi connectivity index (χ0v) is 11.0. The van der Waals surface area contributed by atoms with Gasteiger partial charge in [0, 0.05) is 12.5 Å². The fraction of sp³-hybridized carbons (Fsp3) is 0.833. The Bertz CT molecular complexity index is 259. The third kappa shape index (κ3) is 9.81. The van der Waals surface area contributed by atoms with Crippen LogP contribution in [-0.4, -0.2) is 29.6 Å². The summed E-state index contributed by atoms with van der Waals surface area (Å²) in [6.45, 7) is 6.53. The highest BCUT2D eigenvalue weighted by Crippen LogP contribution is 2.22. The third-order valence-electron chi connectivity index (χ3n) is 2.25. The Hall–Kier alpha value is -1.10. The summed E-state index contributed by atoms with van der Waals surface area (Å²) in [6, 6.07) is -0.308. The Kier molecular flexibility index (Phi) is 6.80. The van der Waals surface area contributed by atoms with Gasteiger partial charge in [-0.2, -0.15) is 0 Å². The molecule has 0 fully saturated rings. The van der Waals surface area contributed by atoms with Crippen LogP contribution in [0, 0.1) is 5.41 Å². The highest BCUT2D eigenvalue weighted by Gasteiger charge is 2.22. The number of amides is 1. The Morgan fingerprint density at radius 1 is 1.35 bits per heavy atom. The zero-order valence-electron chi connectivity index (χ0n) is 11.0. The number of carboxylic acid groups (broad SMARTS) is 1. The second-order valence-electron chi connectivity index (χ2n) is 5.52. The van der Waals surface area contributed by atoms with Crippen LogP contribution in [0.3, 0.4) is 0 Å². The second kappa shape index (κ2) is 7.27. The number of carbonyl (C=O) groups excluding carboxylic acids is 1. The average molecular weight is 244 g/mol. The van der Waals surface area contributed by atoms with E-state index in [-0.39, 0.29) is 23.8 Å². The first kappa shape index (κ1) is 15.9. The van der Waals surface area contributed by atoms with E-state index in [2.05, 4.69) is 5.32 Å². The van der Waals surface area contributed by atoms with E-state index in [9.17, 15) is 9.59 Å². The number of rotatable bonds is 7. The largest absolute Gasteiger partial charge is 0.481 e. The van der Waals surface area contributed by atoms with Crippen LogP contribution >= 0.6 is 0 Å². The molecular formula is C12H24N2O3. The molecule has 0 radical (unpaired) electrons. The molecule has 5 nitrogen and oxygen atoms in total. The number of hydrogen-bond acceptors (Lipinski definition) is 3. The number of nitrogens with two attached hydrogens (primary N) is 1. The van der Waals surface area contributed by atoms with Crippen molar-refractivity contribution in [1.29, 1.82) is 0 Å². The molecular weight excluding hydrogens is 220 g/mol. The number of aliphatic carboxylic acids is 1. The maximum Gasteiger partial charge on any atom is 0.305 e. The molecule has 0 spiro atoms. The fourth-order valence-electron chi connectivity index (χ4n) is 1.69. The molecule has 1 unspecified atom stereocenters. The predicted molar refractivity (Wildman–Crippen MR) is 66.5 cm³/mol. The molecule has 0 aromatic rings. The van der Waals surface area contributed by atoms with Crippen LogP contribution in [-0.2, 0) is 9.59 Å². The van der Waals surface area contributed by atoms with Gasteiger partial charge in [-0.1, -0.05) is 20.8 Å². The van der Waals surface area contributed by atoms with Gasteiger partial charge < -0.3 is 16.2 Å². The molecule has 0 rings (SSSR count). The van der Waals surface area contributed by atoms with Crippen LogP contribution in [0.25, 0.3) is 0 Å². The lowest BCUT2D eigenvalue weighted by Gasteiger charge is -2.25. The highest BCUT2D eigenvalue weighted by molar-refractivity contribution is 5.77. The first-order valence-corrected chi connectivity index (χ1v) is 5.96. The molecule has 0 aromatic heterocycles. The second-order valence-corrected chi connectivity index (χ2v) is 5.52. The minimum absolute atomic E-state index is 0.0126. The maximum absolute atomic E-state index is 11.5. The first-order valence-electron chi connectivity index (χ1n) is 5.96. The smallest absolute Gasteiger partial charge is 0.305 e. The standard InChI is InChI=1S/C12H24N2O3/c1-12(2,3)8-9(7-11(16)17)14-10(15)5-4-6-13/h9H,4-8,13H2,1-3H3,(H,14,15)(H,16,17). The van der Waals surface area contributed by atoms with Crippen molar-refractivity contribution < 1.29 is 14.7 Å². The maximum atomic E-state index is 11.5. The summed E-state index contributed by atoms with van der Waals surface area (Å²) < 4.78 is 0. The molecule has 0 bridgehead atoms. The van der Waals surface area contributed by atoms with Crippen LogP contribution in [0.2, 0.25) is 0 Å². The van der Waals surface area contributed by atoms with E-state index in [1.165, 1.54) is 0 Å². The molecule has 0 aliphatic rings. The van der Waals surface area contributed by atoms with Crippen molar-refractivity contribution in [1.82, 2.24) is 5.32 Å². The zero-order chi connectivity index (χ0) is 13.5. The third-order valence-corrected chi connectivity index (χ3v) is 2.25. The molecule has 0 saturated carbocycles. The van der Waals surface area contributed by atoms with Gasteiger partial charge in [-0.25, -0.2) is 0 Å². The monoisotopic (exact) mass is 244 g/mol.